The van der Waals surface area contributed by atoms with Crippen LogP contribution in [0, 0.1) is 0 Å². The number of amides is 1. The van der Waals surface area contributed by atoms with Crippen LogP contribution in [0.2, 0.25) is 0 Å². The van der Waals surface area contributed by atoms with E-state index in [0.29, 0.717) is 11.3 Å². The monoisotopic (exact) mass is 303 g/mol. The van der Waals surface area contributed by atoms with Crippen molar-refractivity contribution in [1.82, 2.24) is 0 Å². The van der Waals surface area contributed by atoms with E-state index in [2.05, 4.69) is 11.9 Å². The highest BCUT2D eigenvalue weighted by molar-refractivity contribution is 6.09. The van der Waals surface area contributed by atoms with Gasteiger partial charge in [0.1, 0.15) is 6.10 Å². The van der Waals surface area contributed by atoms with Crippen LogP contribution in [0.25, 0.3) is 10.8 Å². The van der Waals surface area contributed by atoms with Crippen molar-refractivity contribution in [2.45, 2.75) is 6.10 Å². The van der Waals surface area contributed by atoms with Gasteiger partial charge in [0.05, 0.1) is 0 Å². The summed E-state index contributed by atoms with van der Waals surface area (Å²) in [5.41, 5.74) is 1.46. The first-order valence-corrected chi connectivity index (χ1v) is 7.38. The number of benzene rings is 3. The molecule has 0 fully saturated rings. The number of carbonyl (C=O) groups is 1. The molecule has 3 heteroatoms. The molecule has 3 rings (SSSR count). The Kier molecular flexibility index (Phi) is 4.22. The lowest BCUT2D eigenvalue weighted by Gasteiger charge is -2.15. The predicted octanol–water partition coefficient (Wildman–Crippen LogP) is 4.07. The molecule has 3 nitrogen and oxygen atoms in total. The number of aliphatic hydroxyl groups is 1. The molecule has 0 aliphatic heterocycles. The van der Waals surface area contributed by atoms with Crippen LogP contribution < -0.4 is 5.32 Å². The molecule has 0 aliphatic carbocycles. The predicted molar refractivity (Wildman–Crippen MR) is 93.1 cm³/mol. The van der Waals surface area contributed by atoms with Crippen molar-refractivity contribution in [1.29, 1.82) is 0 Å². The van der Waals surface area contributed by atoms with E-state index >= 15 is 0 Å². The van der Waals surface area contributed by atoms with Crippen molar-refractivity contribution < 1.29 is 9.90 Å². The van der Waals surface area contributed by atoms with Crippen molar-refractivity contribution in [3.63, 3.8) is 0 Å². The van der Waals surface area contributed by atoms with Crippen LogP contribution in [0.15, 0.2) is 84.9 Å². The fraction of sp³-hybridized carbons (Fsp3) is 0.0500. The summed E-state index contributed by atoms with van der Waals surface area (Å²) in [4.78, 5) is 12.4. The van der Waals surface area contributed by atoms with Gasteiger partial charge < -0.3 is 10.4 Å². The van der Waals surface area contributed by atoms with Crippen molar-refractivity contribution in [3.8, 4) is 0 Å². The molecule has 23 heavy (non-hydrogen) atoms. The van der Waals surface area contributed by atoms with Crippen LogP contribution in [0.5, 0.6) is 0 Å². The topological polar surface area (TPSA) is 49.3 Å². The smallest absolute Gasteiger partial charge is 0.253 e. The number of carbonyl (C=O) groups excluding carboxylic acids is 1. The summed E-state index contributed by atoms with van der Waals surface area (Å²) in [6.07, 6.45) is -1.02. The maximum atomic E-state index is 12.4. The Hall–Kier alpha value is -2.91. The average molecular weight is 303 g/mol. The van der Waals surface area contributed by atoms with E-state index in [-0.39, 0.29) is 5.57 Å². The molecule has 3 aromatic rings. The van der Waals surface area contributed by atoms with Crippen LogP contribution in [-0.2, 0) is 4.79 Å². The maximum Gasteiger partial charge on any atom is 0.253 e. The molecule has 2 N–H and O–H groups in total. The molecule has 1 atom stereocenters. The third-order valence-corrected chi connectivity index (χ3v) is 3.77. The minimum Gasteiger partial charge on any atom is -0.383 e. The van der Waals surface area contributed by atoms with Crippen molar-refractivity contribution in [3.05, 3.63) is 90.5 Å². The van der Waals surface area contributed by atoms with Gasteiger partial charge in [-0.1, -0.05) is 73.3 Å². The van der Waals surface area contributed by atoms with Gasteiger partial charge in [-0.15, -0.1) is 0 Å². The lowest BCUT2D eigenvalue weighted by molar-refractivity contribution is -0.113. The highest BCUT2D eigenvalue weighted by atomic mass is 16.3. The third-order valence-electron chi connectivity index (χ3n) is 3.77. The van der Waals surface area contributed by atoms with Crippen LogP contribution >= 0.6 is 0 Å². The Morgan fingerprint density at radius 1 is 0.913 bits per heavy atom. The van der Waals surface area contributed by atoms with Gasteiger partial charge in [0.15, 0.2) is 0 Å². The van der Waals surface area contributed by atoms with Gasteiger partial charge in [-0.05, 0) is 17.0 Å². The zero-order valence-electron chi connectivity index (χ0n) is 12.6. The number of rotatable bonds is 4. The van der Waals surface area contributed by atoms with E-state index in [9.17, 15) is 9.90 Å². The number of hydrogen-bond acceptors (Lipinski definition) is 2. The summed E-state index contributed by atoms with van der Waals surface area (Å²) in [5.74, 6) is -0.391. The zero-order valence-corrected chi connectivity index (χ0v) is 12.6. The summed E-state index contributed by atoms with van der Waals surface area (Å²) in [6.45, 7) is 3.75. The number of aliphatic hydroxyl groups excluding tert-OH is 1. The number of fused-ring (bicyclic) bond motifs is 1. The lowest BCUT2D eigenvalue weighted by atomic mass is 10.0. The first kappa shape index (κ1) is 15.0. The van der Waals surface area contributed by atoms with Crippen LogP contribution in [0.3, 0.4) is 0 Å². The van der Waals surface area contributed by atoms with Crippen LogP contribution in [-0.4, -0.2) is 11.0 Å². The second-order valence-corrected chi connectivity index (χ2v) is 5.32. The molecule has 0 radical (unpaired) electrons. The van der Waals surface area contributed by atoms with Crippen molar-refractivity contribution >= 4 is 22.4 Å². The quantitative estimate of drug-likeness (QED) is 0.714. The summed E-state index contributed by atoms with van der Waals surface area (Å²) < 4.78 is 0. The minimum atomic E-state index is -1.02. The lowest BCUT2D eigenvalue weighted by Crippen LogP contribution is -2.18. The molecule has 0 saturated carbocycles. The van der Waals surface area contributed by atoms with E-state index in [1.165, 1.54) is 0 Å². The van der Waals surface area contributed by atoms with Gasteiger partial charge >= 0.3 is 0 Å². The SMILES string of the molecule is C=C(C(=O)Nc1cccc2ccccc12)C(O)c1ccccc1. The molecule has 0 aromatic heterocycles. The van der Waals surface area contributed by atoms with E-state index in [1.54, 1.807) is 12.1 Å². The first-order valence-electron chi connectivity index (χ1n) is 7.38. The second-order valence-electron chi connectivity index (χ2n) is 5.32. The molecular weight excluding hydrogens is 286 g/mol. The van der Waals surface area contributed by atoms with Crippen LogP contribution in [0.4, 0.5) is 5.69 Å². The van der Waals surface area contributed by atoms with Gasteiger partial charge in [-0.2, -0.15) is 0 Å². The van der Waals surface area contributed by atoms with Gasteiger partial charge in [-0.25, -0.2) is 0 Å². The molecule has 0 heterocycles. The third kappa shape index (κ3) is 3.15. The maximum absolute atomic E-state index is 12.4. The molecule has 114 valence electrons. The Labute approximate surface area is 134 Å². The van der Waals surface area contributed by atoms with Gasteiger partial charge in [0.25, 0.3) is 5.91 Å². The number of nitrogens with one attached hydrogen (secondary N) is 1. The largest absolute Gasteiger partial charge is 0.383 e. The fourth-order valence-corrected chi connectivity index (χ4v) is 2.50. The van der Waals surface area contributed by atoms with Gasteiger partial charge in [0, 0.05) is 16.6 Å². The summed E-state index contributed by atoms with van der Waals surface area (Å²) in [5, 5.41) is 15.1. The molecule has 3 aromatic carbocycles. The van der Waals surface area contributed by atoms with Gasteiger partial charge in [-0.3, -0.25) is 4.79 Å². The summed E-state index contributed by atoms with van der Waals surface area (Å²) in [7, 11) is 0. The highest BCUT2D eigenvalue weighted by Crippen LogP contribution is 2.25. The molecule has 0 bridgehead atoms. The Bertz CT molecular complexity index is 850. The Morgan fingerprint density at radius 3 is 2.35 bits per heavy atom. The van der Waals surface area contributed by atoms with E-state index in [1.807, 2.05) is 60.7 Å². The second kappa shape index (κ2) is 6.46. The molecular formula is C20H17NO2. The molecule has 0 spiro atoms. The zero-order chi connectivity index (χ0) is 16.2. The standard InChI is InChI=1S/C20H17NO2/c1-14(19(22)16-9-3-2-4-10-16)20(23)21-18-13-7-11-15-8-5-6-12-17(15)18/h2-13,19,22H,1H2,(H,21,23). The molecule has 0 saturated heterocycles. The molecule has 1 unspecified atom stereocenters. The molecule has 1 amide bonds. The average Bonchev–Trinajstić information content (AvgIpc) is 2.61. The first-order chi connectivity index (χ1) is 11.2. The van der Waals surface area contributed by atoms with E-state index in [4.69, 9.17) is 0 Å². The van der Waals surface area contributed by atoms with Gasteiger partial charge in [0.2, 0.25) is 0 Å². The van der Waals surface area contributed by atoms with E-state index < -0.39 is 12.0 Å². The Balaban J connectivity index is 1.82. The van der Waals surface area contributed by atoms with E-state index in [0.717, 1.165) is 10.8 Å². The molecule has 0 aliphatic rings. The number of hydrogen-bond donors (Lipinski definition) is 2. The van der Waals surface area contributed by atoms with Crippen molar-refractivity contribution in [2.75, 3.05) is 5.32 Å². The summed E-state index contributed by atoms with van der Waals surface area (Å²) in [6, 6.07) is 22.5. The highest BCUT2D eigenvalue weighted by Gasteiger charge is 2.18. The Morgan fingerprint density at radius 2 is 1.57 bits per heavy atom. The normalized spacial score (nSPS) is 11.9. The summed E-state index contributed by atoms with van der Waals surface area (Å²) >= 11 is 0. The number of anilines is 1. The van der Waals surface area contributed by atoms with Crippen LogP contribution in [0.1, 0.15) is 11.7 Å². The van der Waals surface area contributed by atoms with Crippen molar-refractivity contribution in [2.24, 2.45) is 0 Å². The minimum absolute atomic E-state index is 0.115. The fourth-order valence-electron chi connectivity index (χ4n) is 2.50.